The van der Waals surface area contributed by atoms with E-state index < -0.39 is 0 Å². The van der Waals surface area contributed by atoms with Crippen molar-refractivity contribution in [1.82, 2.24) is 10.3 Å². The van der Waals surface area contributed by atoms with Crippen molar-refractivity contribution in [1.29, 1.82) is 0 Å². The first-order chi connectivity index (χ1) is 14.6. The molecule has 152 valence electrons. The normalized spacial score (nSPS) is 10.9. The van der Waals surface area contributed by atoms with Crippen LogP contribution in [0.1, 0.15) is 15.9 Å². The van der Waals surface area contributed by atoms with Crippen molar-refractivity contribution in [3.8, 4) is 11.5 Å². The number of ether oxygens (including phenoxy) is 2. The van der Waals surface area contributed by atoms with Gasteiger partial charge in [-0.1, -0.05) is 18.2 Å². The average Bonchev–Trinajstić information content (AvgIpc) is 2.79. The lowest BCUT2D eigenvalue weighted by Crippen LogP contribution is -2.26. The van der Waals surface area contributed by atoms with Crippen LogP contribution in [0.5, 0.6) is 11.5 Å². The molecule has 2 N–H and O–H groups in total. The van der Waals surface area contributed by atoms with E-state index in [0.29, 0.717) is 46.1 Å². The van der Waals surface area contributed by atoms with Crippen molar-refractivity contribution < 1.29 is 14.3 Å². The van der Waals surface area contributed by atoms with Gasteiger partial charge in [-0.15, -0.1) is 0 Å². The predicted octanol–water partition coefficient (Wildman–Crippen LogP) is 3.67. The van der Waals surface area contributed by atoms with Crippen LogP contribution < -0.4 is 20.2 Å². The molecule has 30 heavy (non-hydrogen) atoms. The summed E-state index contributed by atoms with van der Waals surface area (Å²) < 4.78 is 10.4. The Balaban J connectivity index is 1.60. The van der Waals surface area contributed by atoms with Crippen LogP contribution in [0, 0.1) is 0 Å². The quantitative estimate of drug-likeness (QED) is 0.482. The minimum Gasteiger partial charge on any atom is -0.497 e. The molecule has 1 aromatic heterocycles. The number of nitrogens with one attached hydrogen (secondary N) is 2. The lowest BCUT2D eigenvalue weighted by molar-refractivity contribution is 0.0955. The fraction of sp³-hybridized carbons (Fsp3) is 0.167. The number of carbonyl (C=O) groups excluding carboxylic acids is 1. The summed E-state index contributed by atoms with van der Waals surface area (Å²) in [6.45, 7) is 0.479. The number of para-hydroxylation sites is 1. The molecular formula is C24H22N2O4. The third kappa shape index (κ3) is 3.72. The standard InChI is InChI=1S/C24H22N2O4/c1-29-16-8-6-15(7-9-16)12-13-25-24(28)20-5-3-4-19-22(20)26-21-14-17(30-2)10-11-18(21)23(19)27/h3-11,14H,12-13H2,1-2H3,(H,25,28)(H,26,27). The monoisotopic (exact) mass is 402 g/mol. The van der Waals surface area contributed by atoms with Crippen LogP contribution in [0.15, 0.2) is 65.5 Å². The van der Waals surface area contributed by atoms with E-state index in [1.54, 1.807) is 50.6 Å². The summed E-state index contributed by atoms with van der Waals surface area (Å²) in [5, 5.41) is 3.98. The second kappa shape index (κ2) is 8.29. The van der Waals surface area contributed by atoms with E-state index in [2.05, 4.69) is 10.3 Å². The van der Waals surface area contributed by atoms with Crippen molar-refractivity contribution in [3.05, 3.63) is 82.0 Å². The van der Waals surface area contributed by atoms with Gasteiger partial charge in [0, 0.05) is 23.4 Å². The molecule has 0 fully saturated rings. The Morgan fingerprint density at radius 1 is 0.933 bits per heavy atom. The summed E-state index contributed by atoms with van der Waals surface area (Å²) in [6, 6.07) is 18.1. The lowest BCUT2D eigenvalue weighted by atomic mass is 10.1. The summed E-state index contributed by atoms with van der Waals surface area (Å²) >= 11 is 0. The third-order valence-electron chi connectivity index (χ3n) is 5.14. The molecule has 1 heterocycles. The number of methoxy groups -OCH3 is 2. The molecule has 4 rings (SSSR count). The molecule has 6 heteroatoms. The van der Waals surface area contributed by atoms with Crippen LogP contribution in [-0.4, -0.2) is 31.7 Å². The first-order valence-corrected chi connectivity index (χ1v) is 9.64. The van der Waals surface area contributed by atoms with Crippen LogP contribution in [0.25, 0.3) is 21.8 Å². The number of amides is 1. The van der Waals surface area contributed by atoms with E-state index in [1.807, 2.05) is 24.3 Å². The lowest BCUT2D eigenvalue weighted by Gasteiger charge is -2.10. The van der Waals surface area contributed by atoms with Gasteiger partial charge in [-0.3, -0.25) is 9.59 Å². The van der Waals surface area contributed by atoms with Gasteiger partial charge in [-0.05, 0) is 48.4 Å². The fourth-order valence-corrected chi connectivity index (χ4v) is 3.50. The molecule has 0 bridgehead atoms. The predicted molar refractivity (Wildman–Crippen MR) is 118 cm³/mol. The number of aromatic nitrogens is 1. The number of aromatic amines is 1. The van der Waals surface area contributed by atoms with Crippen molar-refractivity contribution in [2.45, 2.75) is 6.42 Å². The number of carbonyl (C=O) groups is 1. The number of hydrogen-bond donors (Lipinski definition) is 2. The van der Waals surface area contributed by atoms with E-state index in [-0.39, 0.29) is 11.3 Å². The zero-order chi connectivity index (χ0) is 21.1. The molecule has 4 aromatic rings. The van der Waals surface area contributed by atoms with Gasteiger partial charge >= 0.3 is 0 Å². The highest BCUT2D eigenvalue weighted by Gasteiger charge is 2.14. The number of benzene rings is 3. The average molecular weight is 402 g/mol. The van der Waals surface area contributed by atoms with Gasteiger partial charge in [0.15, 0.2) is 5.43 Å². The van der Waals surface area contributed by atoms with Gasteiger partial charge in [-0.25, -0.2) is 0 Å². The highest BCUT2D eigenvalue weighted by Crippen LogP contribution is 2.22. The van der Waals surface area contributed by atoms with Crippen molar-refractivity contribution >= 4 is 27.7 Å². The Bertz CT molecular complexity index is 1280. The Kier molecular flexibility index (Phi) is 5.39. The first-order valence-electron chi connectivity index (χ1n) is 9.64. The second-order valence-corrected chi connectivity index (χ2v) is 6.95. The van der Waals surface area contributed by atoms with Crippen molar-refractivity contribution in [2.75, 3.05) is 20.8 Å². The first kappa shape index (κ1) is 19.5. The maximum Gasteiger partial charge on any atom is 0.253 e. The molecule has 0 unspecified atom stereocenters. The van der Waals surface area contributed by atoms with Gasteiger partial charge < -0.3 is 19.8 Å². The maximum atomic E-state index is 12.9. The number of H-pyrrole nitrogens is 1. The number of pyridine rings is 1. The maximum absolute atomic E-state index is 12.9. The van der Waals surface area contributed by atoms with Gasteiger partial charge in [0.25, 0.3) is 5.91 Å². The Morgan fingerprint density at radius 3 is 2.40 bits per heavy atom. The number of hydrogen-bond acceptors (Lipinski definition) is 4. The van der Waals surface area contributed by atoms with E-state index in [1.165, 1.54) is 0 Å². The van der Waals surface area contributed by atoms with Gasteiger partial charge in [-0.2, -0.15) is 0 Å². The van der Waals surface area contributed by atoms with E-state index in [9.17, 15) is 9.59 Å². The Labute approximate surface area is 173 Å². The summed E-state index contributed by atoms with van der Waals surface area (Å²) in [4.78, 5) is 29.0. The van der Waals surface area contributed by atoms with Gasteiger partial charge in [0.05, 0.1) is 30.8 Å². The molecule has 0 spiro atoms. The SMILES string of the molecule is COc1ccc(CCNC(=O)c2cccc3c(=O)c4ccc(OC)cc4[nH]c23)cc1. The van der Waals surface area contributed by atoms with Gasteiger partial charge in [0.1, 0.15) is 11.5 Å². The van der Waals surface area contributed by atoms with Crippen LogP contribution in [0.3, 0.4) is 0 Å². The van der Waals surface area contributed by atoms with Gasteiger partial charge in [0.2, 0.25) is 0 Å². The van der Waals surface area contributed by atoms with Crippen LogP contribution >= 0.6 is 0 Å². The van der Waals surface area contributed by atoms with E-state index in [0.717, 1.165) is 11.3 Å². The highest BCUT2D eigenvalue weighted by atomic mass is 16.5. The largest absolute Gasteiger partial charge is 0.497 e. The molecule has 0 saturated carbocycles. The number of rotatable bonds is 6. The van der Waals surface area contributed by atoms with E-state index >= 15 is 0 Å². The van der Waals surface area contributed by atoms with Crippen LogP contribution in [0.4, 0.5) is 0 Å². The molecule has 0 saturated heterocycles. The summed E-state index contributed by atoms with van der Waals surface area (Å²) in [5.74, 6) is 1.21. The van der Waals surface area contributed by atoms with Crippen molar-refractivity contribution in [2.24, 2.45) is 0 Å². The molecule has 6 nitrogen and oxygen atoms in total. The minimum atomic E-state index is -0.230. The molecule has 3 aromatic carbocycles. The molecule has 0 radical (unpaired) electrons. The Morgan fingerprint density at radius 2 is 1.67 bits per heavy atom. The smallest absolute Gasteiger partial charge is 0.253 e. The molecule has 0 aliphatic heterocycles. The summed E-state index contributed by atoms with van der Waals surface area (Å²) in [7, 11) is 3.20. The third-order valence-corrected chi connectivity index (χ3v) is 5.14. The molecule has 0 atom stereocenters. The fourth-order valence-electron chi connectivity index (χ4n) is 3.50. The molecule has 0 aliphatic rings. The van der Waals surface area contributed by atoms with Crippen molar-refractivity contribution in [3.63, 3.8) is 0 Å². The molecule has 1 amide bonds. The highest BCUT2D eigenvalue weighted by molar-refractivity contribution is 6.07. The molecular weight excluding hydrogens is 380 g/mol. The summed E-state index contributed by atoms with van der Waals surface area (Å²) in [5.41, 5.74) is 2.56. The minimum absolute atomic E-state index is 0.116. The topological polar surface area (TPSA) is 80.4 Å². The number of fused-ring (bicyclic) bond motifs is 2. The van der Waals surface area contributed by atoms with E-state index in [4.69, 9.17) is 9.47 Å². The van der Waals surface area contributed by atoms with Crippen LogP contribution in [-0.2, 0) is 6.42 Å². The molecule has 0 aliphatic carbocycles. The summed E-state index contributed by atoms with van der Waals surface area (Å²) in [6.07, 6.45) is 0.692. The second-order valence-electron chi connectivity index (χ2n) is 6.95. The van der Waals surface area contributed by atoms with Crippen LogP contribution in [0.2, 0.25) is 0 Å². The Hall–Kier alpha value is -3.80. The zero-order valence-electron chi connectivity index (χ0n) is 16.8. The zero-order valence-corrected chi connectivity index (χ0v) is 16.8.